The fourth-order valence-electron chi connectivity index (χ4n) is 2.43. The first kappa shape index (κ1) is 8.10. The van der Waals surface area contributed by atoms with Gasteiger partial charge >= 0.3 is 0 Å². The summed E-state index contributed by atoms with van der Waals surface area (Å²) in [5.74, 6) is 2.63. The summed E-state index contributed by atoms with van der Waals surface area (Å²) in [6, 6.07) is 2.19. The number of nitrogens with one attached hydrogen (secondary N) is 2. The van der Waals surface area contributed by atoms with Crippen LogP contribution < -0.4 is 10.6 Å². The summed E-state index contributed by atoms with van der Waals surface area (Å²) in [6.45, 7) is 0.726. The van der Waals surface area contributed by atoms with Crippen molar-refractivity contribution < 1.29 is 0 Å². The average molecular weight is 164 g/mol. The zero-order valence-electron chi connectivity index (χ0n) is 7.34. The number of fused-ring (bicyclic) bond motifs is 2. The smallest absolute Gasteiger partial charge is 0.0575 e. The molecule has 0 aromatic heterocycles. The van der Waals surface area contributed by atoms with E-state index in [1.807, 2.05) is 0 Å². The molecule has 0 saturated carbocycles. The first-order valence-electron chi connectivity index (χ1n) is 4.81. The second kappa shape index (κ2) is 3.47. The standard InChI is InChI=1S/C10H16N2/c1-2-5-11-10-6-8-3-4-9(7-10)12-8/h1,8-12H,3-7H2. The summed E-state index contributed by atoms with van der Waals surface area (Å²) in [5, 5.41) is 7.00. The molecule has 0 aromatic rings. The Kier molecular flexibility index (Phi) is 2.34. The summed E-state index contributed by atoms with van der Waals surface area (Å²) in [6.07, 6.45) is 10.4. The molecule has 2 saturated heterocycles. The SMILES string of the molecule is C#CCNC1CC2CCC(C1)N2. The summed E-state index contributed by atoms with van der Waals surface area (Å²) in [5.41, 5.74) is 0. The minimum Gasteiger partial charge on any atom is -0.311 e. The van der Waals surface area contributed by atoms with Crippen molar-refractivity contribution in [2.24, 2.45) is 0 Å². The van der Waals surface area contributed by atoms with Gasteiger partial charge in [-0.05, 0) is 25.7 Å². The monoisotopic (exact) mass is 164 g/mol. The van der Waals surface area contributed by atoms with Gasteiger partial charge < -0.3 is 10.6 Å². The van der Waals surface area contributed by atoms with Crippen LogP contribution in [0.5, 0.6) is 0 Å². The Hall–Kier alpha value is -0.520. The van der Waals surface area contributed by atoms with Crippen molar-refractivity contribution in [2.45, 2.75) is 43.8 Å². The van der Waals surface area contributed by atoms with E-state index in [-0.39, 0.29) is 0 Å². The van der Waals surface area contributed by atoms with Crippen LogP contribution in [0.1, 0.15) is 25.7 Å². The van der Waals surface area contributed by atoms with Gasteiger partial charge in [-0.3, -0.25) is 0 Å². The van der Waals surface area contributed by atoms with Gasteiger partial charge in [-0.1, -0.05) is 5.92 Å². The Morgan fingerprint density at radius 3 is 2.58 bits per heavy atom. The second-order valence-corrected chi connectivity index (χ2v) is 3.89. The van der Waals surface area contributed by atoms with Crippen molar-refractivity contribution in [1.82, 2.24) is 10.6 Å². The van der Waals surface area contributed by atoms with Crippen LogP contribution in [0.3, 0.4) is 0 Å². The third-order valence-corrected chi connectivity index (χ3v) is 2.97. The van der Waals surface area contributed by atoms with Crippen LogP contribution in [-0.2, 0) is 0 Å². The van der Waals surface area contributed by atoms with Crippen LogP contribution in [0.25, 0.3) is 0 Å². The predicted molar refractivity (Wildman–Crippen MR) is 49.8 cm³/mol. The summed E-state index contributed by atoms with van der Waals surface area (Å²) in [4.78, 5) is 0. The molecular weight excluding hydrogens is 148 g/mol. The highest BCUT2D eigenvalue weighted by Crippen LogP contribution is 2.26. The van der Waals surface area contributed by atoms with Crippen LogP contribution in [0, 0.1) is 12.3 Å². The van der Waals surface area contributed by atoms with Crippen LogP contribution in [-0.4, -0.2) is 24.7 Å². The maximum absolute atomic E-state index is 5.20. The molecule has 2 atom stereocenters. The first-order chi connectivity index (χ1) is 5.88. The molecule has 0 radical (unpaired) electrons. The fraction of sp³-hybridized carbons (Fsp3) is 0.800. The van der Waals surface area contributed by atoms with Gasteiger partial charge in [-0.15, -0.1) is 6.42 Å². The van der Waals surface area contributed by atoms with E-state index >= 15 is 0 Å². The van der Waals surface area contributed by atoms with Gasteiger partial charge in [0.2, 0.25) is 0 Å². The quantitative estimate of drug-likeness (QED) is 0.580. The third kappa shape index (κ3) is 1.63. The molecular formula is C10H16N2. The van der Waals surface area contributed by atoms with Gasteiger partial charge in [-0.25, -0.2) is 0 Å². The zero-order valence-corrected chi connectivity index (χ0v) is 7.34. The molecule has 2 heterocycles. The number of hydrogen-bond acceptors (Lipinski definition) is 2. The van der Waals surface area contributed by atoms with Crippen molar-refractivity contribution >= 4 is 0 Å². The van der Waals surface area contributed by atoms with E-state index in [1.165, 1.54) is 25.7 Å². The Labute approximate surface area is 74.1 Å². The van der Waals surface area contributed by atoms with Gasteiger partial charge in [0.25, 0.3) is 0 Å². The summed E-state index contributed by atoms with van der Waals surface area (Å²) in [7, 11) is 0. The maximum Gasteiger partial charge on any atom is 0.0575 e. The lowest BCUT2D eigenvalue weighted by molar-refractivity contribution is 0.326. The lowest BCUT2D eigenvalue weighted by Gasteiger charge is -2.29. The van der Waals surface area contributed by atoms with Gasteiger partial charge in [0.1, 0.15) is 0 Å². The second-order valence-electron chi connectivity index (χ2n) is 3.89. The lowest BCUT2D eigenvalue weighted by atomic mass is 10.00. The molecule has 0 aromatic carbocycles. The molecule has 66 valence electrons. The van der Waals surface area contributed by atoms with Gasteiger partial charge in [-0.2, -0.15) is 0 Å². The van der Waals surface area contributed by atoms with E-state index in [4.69, 9.17) is 6.42 Å². The Morgan fingerprint density at radius 2 is 2.00 bits per heavy atom. The van der Waals surface area contributed by atoms with E-state index < -0.39 is 0 Å². The molecule has 2 N–H and O–H groups in total. The highest BCUT2D eigenvalue weighted by molar-refractivity contribution is 4.97. The molecule has 2 aliphatic rings. The van der Waals surface area contributed by atoms with Crippen LogP contribution in [0.2, 0.25) is 0 Å². The van der Waals surface area contributed by atoms with Crippen molar-refractivity contribution in [1.29, 1.82) is 0 Å². The van der Waals surface area contributed by atoms with E-state index in [0.717, 1.165) is 18.6 Å². The number of piperidine rings is 1. The topological polar surface area (TPSA) is 24.1 Å². The van der Waals surface area contributed by atoms with Gasteiger partial charge in [0.15, 0.2) is 0 Å². The summed E-state index contributed by atoms with van der Waals surface area (Å²) < 4.78 is 0. The summed E-state index contributed by atoms with van der Waals surface area (Å²) >= 11 is 0. The van der Waals surface area contributed by atoms with E-state index in [2.05, 4.69) is 16.6 Å². The molecule has 2 nitrogen and oxygen atoms in total. The molecule has 2 fully saturated rings. The number of hydrogen-bond donors (Lipinski definition) is 2. The molecule has 0 amide bonds. The molecule has 2 heteroatoms. The van der Waals surface area contributed by atoms with Crippen molar-refractivity contribution in [3.63, 3.8) is 0 Å². The maximum atomic E-state index is 5.20. The molecule has 2 unspecified atom stereocenters. The number of rotatable bonds is 2. The first-order valence-corrected chi connectivity index (χ1v) is 4.81. The largest absolute Gasteiger partial charge is 0.311 e. The van der Waals surface area contributed by atoms with E-state index in [1.54, 1.807) is 0 Å². The Morgan fingerprint density at radius 1 is 1.33 bits per heavy atom. The molecule has 12 heavy (non-hydrogen) atoms. The fourth-order valence-corrected chi connectivity index (χ4v) is 2.43. The molecule has 2 bridgehead atoms. The minimum absolute atomic E-state index is 0.666. The molecule has 0 aliphatic carbocycles. The van der Waals surface area contributed by atoms with E-state index in [0.29, 0.717) is 6.04 Å². The zero-order chi connectivity index (χ0) is 8.39. The van der Waals surface area contributed by atoms with Crippen LogP contribution >= 0.6 is 0 Å². The Bertz CT molecular complexity index is 183. The van der Waals surface area contributed by atoms with Gasteiger partial charge in [0.05, 0.1) is 6.54 Å². The molecule has 0 spiro atoms. The molecule has 2 aliphatic heterocycles. The highest BCUT2D eigenvalue weighted by atomic mass is 15.0. The van der Waals surface area contributed by atoms with Crippen LogP contribution in [0.4, 0.5) is 0 Å². The highest BCUT2D eigenvalue weighted by Gasteiger charge is 2.32. The van der Waals surface area contributed by atoms with Crippen molar-refractivity contribution in [2.75, 3.05) is 6.54 Å². The van der Waals surface area contributed by atoms with E-state index in [9.17, 15) is 0 Å². The Balaban J connectivity index is 1.82. The van der Waals surface area contributed by atoms with Gasteiger partial charge in [0, 0.05) is 18.1 Å². The average Bonchev–Trinajstić information content (AvgIpc) is 2.42. The van der Waals surface area contributed by atoms with Crippen molar-refractivity contribution in [3.05, 3.63) is 0 Å². The third-order valence-electron chi connectivity index (χ3n) is 2.97. The van der Waals surface area contributed by atoms with Crippen molar-refractivity contribution in [3.8, 4) is 12.3 Å². The predicted octanol–water partition coefficient (Wildman–Crippen LogP) is 0.492. The molecule has 2 rings (SSSR count). The number of terminal acetylenes is 1. The minimum atomic E-state index is 0.666. The normalized spacial score (nSPS) is 39.4. The van der Waals surface area contributed by atoms with Crippen LogP contribution in [0.15, 0.2) is 0 Å². The lowest BCUT2D eigenvalue weighted by Crippen LogP contribution is -2.46.